The van der Waals surface area contributed by atoms with E-state index in [1.54, 1.807) is 56.7 Å². The van der Waals surface area contributed by atoms with Crippen LogP contribution in [0.25, 0.3) is 11.3 Å². The van der Waals surface area contributed by atoms with Gasteiger partial charge in [-0.3, -0.25) is 9.89 Å². The zero-order valence-electron chi connectivity index (χ0n) is 15.0. The second-order valence-electron chi connectivity index (χ2n) is 5.60. The molecule has 0 spiro atoms. The number of hydrogen-bond donors (Lipinski definition) is 2. The van der Waals surface area contributed by atoms with Gasteiger partial charge in [-0.1, -0.05) is 29.3 Å². The highest BCUT2D eigenvalue weighted by atomic mass is 35.5. The van der Waals surface area contributed by atoms with Gasteiger partial charge in [0.25, 0.3) is 5.91 Å². The van der Waals surface area contributed by atoms with Crippen molar-refractivity contribution in [3.63, 3.8) is 0 Å². The van der Waals surface area contributed by atoms with E-state index in [1.165, 1.54) is 6.21 Å². The Balaban J connectivity index is 1.73. The summed E-state index contributed by atoms with van der Waals surface area (Å²) in [6.45, 7) is 0. The molecule has 0 aliphatic carbocycles. The number of nitrogens with one attached hydrogen (secondary N) is 2. The molecule has 0 atom stereocenters. The van der Waals surface area contributed by atoms with Gasteiger partial charge in [-0.2, -0.15) is 10.2 Å². The molecule has 144 valence electrons. The Kier molecular flexibility index (Phi) is 6.18. The van der Waals surface area contributed by atoms with Crippen LogP contribution in [-0.4, -0.2) is 36.5 Å². The molecule has 0 unspecified atom stereocenters. The molecule has 1 amide bonds. The first-order valence-corrected chi connectivity index (χ1v) is 8.83. The van der Waals surface area contributed by atoms with Crippen molar-refractivity contribution in [1.29, 1.82) is 0 Å². The summed E-state index contributed by atoms with van der Waals surface area (Å²) in [5, 5.41) is 11.7. The number of hydrazone groups is 1. The second kappa shape index (κ2) is 8.77. The molecule has 2 N–H and O–H groups in total. The minimum atomic E-state index is -0.451. The van der Waals surface area contributed by atoms with E-state index >= 15 is 0 Å². The lowest BCUT2D eigenvalue weighted by atomic mass is 10.1. The van der Waals surface area contributed by atoms with Crippen LogP contribution in [0.3, 0.4) is 0 Å². The highest BCUT2D eigenvalue weighted by molar-refractivity contribution is 6.36. The number of carbonyl (C=O) groups is 1. The summed E-state index contributed by atoms with van der Waals surface area (Å²) in [4.78, 5) is 12.3. The van der Waals surface area contributed by atoms with Crippen molar-refractivity contribution in [1.82, 2.24) is 15.6 Å². The number of benzene rings is 2. The summed E-state index contributed by atoms with van der Waals surface area (Å²) in [5.41, 5.74) is 4.55. The average molecular weight is 419 g/mol. The number of halogens is 2. The molecule has 0 aliphatic heterocycles. The maximum absolute atomic E-state index is 12.3. The molecule has 0 saturated heterocycles. The van der Waals surface area contributed by atoms with Crippen LogP contribution in [0, 0.1) is 0 Å². The number of H-pyrrole nitrogens is 1. The summed E-state index contributed by atoms with van der Waals surface area (Å²) in [6, 6.07) is 11.9. The van der Waals surface area contributed by atoms with Crippen molar-refractivity contribution >= 4 is 35.3 Å². The number of ether oxygens (including phenoxy) is 2. The van der Waals surface area contributed by atoms with Gasteiger partial charge in [0.2, 0.25) is 0 Å². The van der Waals surface area contributed by atoms with Crippen LogP contribution in [0.15, 0.2) is 47.6 Å². The first-order valence-electron chi connectivity index (χ1n) is 8.08. The quantitative estimate of drug-likeness (QED) is 0.464. The normalized spacial score (nSPS) is 10.9. The number of hydrogen-bond acceptors (Lipinski definition) is 5. The van der Waals surface area contributed by atoms with E-state index in [2.05, 4.69) is 20.7 Å². The molecule has 1 heterocycles. The maximum atomic E-state index is 12.3. The zero-order chi connectivity index (χ0) is 20.1. The minimum absolute atomic E-state index is 0.243. The highest BCUT2D eigenvalue weighted by Gasteiger charge is 2.14. The molecule has 3 rings (SSSR count). The van der Waals surface area contributed by atoms with Crippen LogP contribution in [0.4, 0.5) is 0 Å². The molecular formula is C19H16Cl2N4O3. The van der Waals surface area contributed by atoms with Crippen LogP contribution in [0.1, 0.15) is 16.1 Å². The van der Waals surface area contributed by atoms with Gasteiger partial charge >= 0.3 is 0 Å². The molecule has 1 aromatic heterocycles. The smallest absolute Gasteiger partial charge is 0.289 e. The molecule has 7 nitrogen and oxygen atoms in total. The Morgan fingerprint density at radius 2 is 1.96 bits per heavy atom. The van der Waals surface area contributed by atoms with Gasteiger partial charge in [0.1, 0.15) is 17.2 Å². The van der Waals surface area contributed by atoms with Gasteiger partial charge < -0.3 is 9.47 Å². The Morgan fingerprint density at radius 3 is 2.68 bits per heavy atom. The fourth-order valence-electron chi connectivity index (χ4n) is 2.41. The van der Waals surface area contributed by atoms with Crippen LogP contribution < -0.4 is 14.9 Å². The molecule has 0 aliphatic rings. The predicted octanol–water partition coefficient (Wildman–Crippen LogP) is 4.16. The summed E-state index contributed by atoms with van der Waals surface area (Å²) in [7, 11) is 3.12. The largest absolute Gasteiger partial charge is 0.497 e. The van der Waals surface area contributed by atoms with Gasteiger partial charge in [-0.05, 0) is 30.3 Å². The number of methoxy groups -OCH3 is 2. The number of aromatic amines is 1. The van der Waals surface area contributed by atoms with E-state index in [0.717, 1.165) is 5.56 Å². The lowest BCUT2D eigenvalue weighted by Crippen LogP contribution is -2.18. The lowest BCUT2D eigenvalue weighted by molar-refractivity contribution is 0.0950. The van der Waals surface area contributed by atoms with Crippen LogP contribution in [-0.2, 0) is 0 Å². The van der Waals surface area contributed by atoms with Crippen molar-refractivity contribution in [3.8, 4) is 22.8 Å². The Hall–Kier alpha value is -3.03. The number of aromatic nitrogens is 2. The molecule has 0 radical (unpaired) electrons. The first kappa shape index (κ1) is 19.7. The number of amides is 1. The summed E-state index contributed by atoms with van der Waals surface area (Å²) >= 11 is 11.9. The summed E-state index contributed by atoms with van der Waals surface area (Å²) in [5.74, 6) is 0.782. The van der Waals surface area contributed by atoms with Crippen molar-refractivity contribution in [2.75, 3.05) is 14.2 Å². The van der Waals surface area contributed by atoms with E-state index in [0.29, 0.717) is 32.8 Å². The minimum Gasteiger partial charge on any atom is -0.497 e. The molecular weight excluding hydrogens is 403 g/mol. The van der Waals surface area contributed by atoms with Gasteiger partial charge in [-0.25, -0.2) is 5.43 Å². The third kappa shape index (κ3) is 4.44. The molecule has 2 aromatic carbocycles. The third-order valence-corrected chi connectivity index (χ3v) is 4.40. The van der Waals surface area contributed by atoms with Crippen molar-refractivity contribution in [3.05, 3.63) is 63.8 Å². The van der Waals surface area contributed by atoms with Crippen LogP contribution >= 0.6 is 23.2 Å². The van der Waals surface area contributed by atoms with Crippen molar-refractivity contribution < 1.29 is 14.3 Å². The van der Waals surface area contributed by atoms with E-state index in [9.17, 15) is 4.79 Å². The topological polar surface area (TPSA) is 88.6 Å². The van der Waals surface area contributed by atoms with Crippen molar-refractivity contribution in [2.24, 2.45) is 5.10 Å². The van der Waals surface area contributed by atoms with Gasteiger partial charge in [0.15, 0.2) is 0 Å². The van der Waals surface area contributed by atoms with Gasteiger partial charge in [0, 0.05) is 22.2 Å². The third-order valence-electron chi connectivity index (χ3n) is 3.84. The number of rotatable bonds is 6. The van der Waals surface area contributed by atoms with E-state index < -0.39 is 5.91 Å². The average Bonchev–Trinajstić information content (AvgIpc) is 3.19. The fourth-order valence-corrected chi connectivity index (χ4v) is 2.87. The zero-order valence-corrected chi connectivity index (χ0v) is 16.5. The van der Waals surface area contributed by atoms with Crippen molar-refractivity contribution in [2.45, 2.75) is 0 Å². The summed E-state index contributed by atoms with van der Waals surface area (Å²) in [6.07, 6.45) is 1.43. The Bertz CT molecular complexity index is 1030. The molecule has 0 fully saturated rings. The molecule has 0 saturated carbocycles. The maximum Gasteiger partial charge on any atom is 0.289 e. The molecule has 3 aromatic rings. The first-order chi connectivity index (χ1) is 13.5. The van der Waals surface area contributed by atoms with E-state index in [-0.39, 0.29) is 5.69 Å². The fraction of sp³-hybridized carbons (Fsp3) is 0.105. The number of nitrogens with zero attached hydrogens (tertiary/aromatic N) is 2. The second-order valence-corrected chi connectivity index (χ2v) is 6.44. The van der Waals surface area contributed by atoms with Gasteiger partial charge in [0.05, 0.1) is 31.2 Å². The Labute approximate surface area is 171 Å². The van der Waals surface area contributed by atoms with Crippen LogP contribution in [0.2, 0.25) is 10.0 Å². The van der Waals surface area contributed by atoms with E-state index in [4.69, 9.17) is 32.7 Å². The highest BCUT2D eigenvalue weighted by Crippen LogP contribution is 2.32. The van der Waals surface area contributed by atoms with E-state index in [1.807, 2.05) is 0 Å². The Morgan fingerprint density at radius 1 is 1.14 bits per heavy atom. The van der Waals surface area contributed by atoms with Crippen LogP contribution in [0.5, 0.6) is 11.5 Å². The standard InChI is InChI=1S/C19H16Cl2N4O3/c1-27-13-5-6-14(18(8-13)28-2)16-9-17(24-23-16)19(26)25-22-10-11-3-4-12(20)7-15(11)21/h3-10H,1-2H3,(H,23,24)(H,25,26)/b22-10-. The van der Waals surface area contributed by atoms with Gasteiger partial charge in [-0.15, -0.1) is 0 Å². The molecule has 9 heteroatoms. The molecule has 0 bridgehead atoms. The molecule has 28 heavy (non-hydrogen) atoms. The summed E-state index contributed by atoms with van der Waals surface area (Å²) < 4.78 is 10.5. The lowest BCUT2D eigenvalue weighted by Gasteiger charge is -2.08. The monoisotopic (exact) mass is 418 g/mol. The number of carbonyl (C=O) groups excluding carboxylic acids is 1. The predicted molar refractivity (Wildman–Crippen MR) is 109 cm³/mol. The SMILES string of the molecule is COc1ccc(-c2cc(C(=O)N/N=C\c3ccc(Cl)cc3Cl)[nH]n2)c(OC)c1.